The molecule has 0 saturated carbocycles. The summed E-state index contributed by atoms with van der Waals surface area (Å²) in [5, 5.41) is 2.76. The van der Waals surface area contributed by atoms with Crippen LogP contribution < -0.4 is 9.62 Å². The number of halogens is 3. The summed E-state index contributed by atoms with van der Waals surface area (Å²) in [6.45, 7) is 7.81. The number of sulfonamides is 1. The molecule has 3 aromatic carbocycles. The molecule has 0 aliphatic rings. The number of nitrogens with zero attached hydrogens (tertiary/aromatic N) is 2. The molecular weight excluding hydrogens is 555 g/mol. The average Bonchev–Trinajstić information content (AvgIpc) is 2.90. The third kappa shape index (κ3) is 7.87. The lowest BCUT2D eigenvalue weighted by Crippen LogP contribution is -2.52. The highest BCUT2D eigenvalue weighted by atomic mass is 32.2. The molecule has 3 aromatic rings. The highest BCUT2D eigenvalue weighted by Crippen LogP contribution is 2.33. The van der Waals surface area contributed by atoms with Crippen molar-refractivity contribution >= 4 is 27.5 Å². The summed E-state index contributed by atoms with van der Waals surface area (Å²) in [6.07, 6.45) is -4.74. The minimum Gasteiger partial charge on any atom is -0.352 e. The van der Waals surface area contributed by atoms with Gasteiger partial charge in [-0.3, -0.25) is 13.9 Å². The van der Waals surface area contributed by atoms with Crippen LogP contribution in [0, 0.1) is 13.8 Å². The minimum atomic E-state index is -4.74. The van der Waals surface area contributed by atoms with Crippen LogP contribution in [-0.4, -0.2) is 43.8 Å². The van der Waals surface area contributed by atoms with E-state index >= 15 is 0 Å². The zero-order valence-electron chi connectivity index (χ0n) is 23.6. The van der Waals surface area contributed by atoms with E-state index in [2.05, 4.69) is 5.32 Å². The van der Waals surface area contributed by atoms with Gasteiger partial charge in [-0.2, -0.15) is 13.2 Å². The van der Waals surface area contributed by atoms with Crippen LogP contribution in [0.3, 0.4) is 0 Å². The van der Waals surface area contributed by atoms with Crippen LogP contribution in [0.15, 0.2) is 77.7 Å². The number of hydrogen-bond acceptors (Lipinski definition) is 4. The number of carbonyl (C=O) groups excluding carboxylic acids is 2. The van der Waals surface area contributed by atoms with Crippen molar-refractivity contribution in [1.29, 1.82) is 0 Å². The zero-order valence-corrected chi connectivity index (χ0v) is 24.4. The Morgan fingerprint density at radius 1 is 0.902 bits per heavy atom. The maximum absolute atomic E-state index is 13.9. The number of hydrogen-bond donors (Lipinski definition) is 1. The Balaban J connectivity index is 2.11. The Morgan fingerprint density at radius 2 is 1.54 bits per heavy atom. The molecule has 2 amide bonds. The Hall–Kier alpha value is -3.86. The van der Waals surface area contributed by atoms with E-state index in [9.17, 15) is 31.2 Å². The van der Waals surface area contributed by atoms with Gasteiger partial charge in [0.15, 0.2) is 0 Å². The Bertz CT molecular complexity index is 1490. The first kappa shape index (κ1) is 31.7. The van der Waals surface area contributed by atoms with Crippen LogP contribution in [0.1, 0.15) is 43.0 Å². The number of alkyl halides is 3. The molecule has 0 saturated heterocycles. The number of anilines is 1. The van der Waals surface area contributed by atoms with Gasteiger partial charge in [0, 0.05) is 12.6 Å². The smallest absolute Gasteiger partial charge is 0.352 e. The van der Waals surface area contributed by atoms with Gasteiger partial charge >= 0.3 is 6.18 Å². The summed E-state index contributed by atoms with van der Waals surface area (Å²) in [4.78, 5) is 27.9. The van der Waals surface area contributed by atoms with Crippen LogP contribution >= 0.6 is 0 Å². The van der Waals surface area contributed by atoms with Crippen molar-refractivity contribution in [2.24, 2.45) is 0 Å². The fourth-order valence-corrected chi connectivity index (χ4v) is 5.57. The van der Waals surface area contributed by atoms with Crippen LogP contribution in [-0.2, 0) is 32.3 Å². The second-order valence-corrected chi connectivity index (χ2v) is 12.0. The third-order valence-electron chi connectivity index (χ3n) is 6.55. The summed E-state index contributed by atoms with van der Waals surface area (Å²) in [7, 11) is -4.49. The lowest BCUT2D eigenvalue weighted by Gasteiger charge is -2.32. The van der Waals surface area contributed by atoms with E-state index in [1.807, 2.05) is 19.1 Å². The molecule has 41 heavy (non-hydrogen) atoms. The molecule has 0 fully saturated rings. The Kier molecular flexibility index (Phi) is 9.85. The quantitative estimate of drug-likeness (QED) is 0.340. The van der Waals surface area contributed by atoms with Gasteiger partial charge in [-0.25, -0.2) is 8.42 Å². The summed E-state index contributed by atoms with van der Waals surface area (Å²) in [6, 6.07) is 15.6. The number of rotatable bonds is 10. The van der Waals surface area contributed by atoms with Crippen molar-refractivity contribution in [3.05, 3.63) is 95.1 Å². The topological polar surface area (TPSA) is 86.8 Å². The molecule has 1 atom stereocenters. The third-order valence-corrected chi connectivity index (χ3v) is 8.34. The van der Waals surface area contributed by atoms with Gasteiger partial charge in [0.25, 0.3) is 10.0 Å². The van der Waals surface area contributed by atoms with Crippen LogP contribution in [0.5, 0.6) is 0 Å². The molecule has 1 unspecified atom stereocenters. The lowest BCUT2D eigenvalue weighted by atomic mass is 10.1. The second-order valence-electron chi connectivity index (χ2n) is 10.2. The molecule has 0 spiro atoms. The molecule has 7 nitrogen and oxygen atoms in total. The highest BCUT2D eigenvalue weighted by Gasteiger charge is 2.35. The molecule has 220 valence electrons. The molecule has 11 heteroatoms. The second kappa shape index (κ2) is 12.8. The Labute approximate surface area is 239 Å². The van der Waals surface area contributed by atoms with E-state index in [-0.39, 0.29) is 23.2 Å². The monoisotopic (exact) mass is 589 g/mol. The van der Waals surface area contributed by atoms with Gasteiger partial charge in [0.05, 0.1) is 16.1 Å². The molecule has 0 aliphatic carbocycles. The van der Waals surface area contributed by atoms with Crippen molar-refractivity contribution in [3.63, 3.8) is 0 Å². The normalized spacial score (nSPS) is 12.6. The summed E-state index contributed by atoms with van der Waals surface area (Å²) in [5.74, 6) is -1.21. The van der Waals surface area contributed by atoms with Gasteiger partial charge in [-0.15, -0.1) is 0 Å². The van der Waals surface area contributed by atoms with Crippen LogP contribution in [0.4, 0.5) is 18.9 Å². The first-order valence-corrected chi connectivity index (χ1v) is 14.5. The van der Waals surface area contributed by atoms with E-state index in [4.69, 9.17) is 0 Å². The SMILES string of the molecule is Cc1ccc(S(=O)(=O)N(CC(=O)N(Cc2ccccc2C)C(C)C(=O)NC(C)C)c2cccc(C(F)(F)F)c2)cc1. The van der Waals surface area contributed by atoms with Crippen LogP contribution in [0.25, 0.3) is 0 Å². The largest absolute Gasteiger partial charge is 0.416 e. The van der Waals surface area contributed by atoms with Crippen molar-refractivity contribution in [2.75, 3.05) is 10.8 Å². The van der Waals surface area contributed by atoms with Gasteiger partial charge in [0.2, 0.25) is 11.8 Å². The first-order valence-electron chi connectivity index (χ1n) is 13.0. The van der Waals surface area contributed by atoms with Crippen LogP contribution in [0.2, 0.25) is 0 Å². The van der Waals surface area contributed by atoms with Crippen molar-refractivity contribution in [3.8, 4) is 0 Å². The molecule has 0 aromatic heterocycles. The van der Waals surface area contributed by atoms with E-state index in [0.29, 0.717) is 10.4 Å². The standard InChI is InChI=1S/C30H34F3N3O4S/c1-20(2)34-29(38)23(5)35(18-24-10-7-6-9-22(24)4)28(37)19-36(26-12-8-11-25(17-26)30(31,32)33)41(39,40)27-15-13-21(3)14-16-27/h6-17,20,23H,18-19H2,1-5H3,(H,34,38). The van der Waals surface area contributed by atoms with E-state index in [1.165, 1.54) is 30.0 Å². The molecule has 0 aliphatic heterocycles. The highest BCUT2D eigenvalue weighted by molar-refractivity contribution is 7.92. The molecule has 0 bridgehead atoms. The number of amides is 2. The predicted molar refractivity (Wildman–Crippen MR) is 152 cm³/mol. The molecule has 0 radical (unpaired) electrons. The maximum atomic E-state index is 13.9. The maximum Gasteiger partial charge on any atom is 0.416 e. The summed E-state index contributed by atoms with van der Waals surface area (Å²) in [5.41, 5.74) is 0.970. The predicted octanol–water partition coefficient (Wildman–Crippen LogP) is 5.46. The van der Waals surface area contributed by atoms with Gasteiger partial charge < -0.3 is 10.2 Å². The van der Waals surface area contributed by atoms with Gasteiger partial charge in [-0.05, 0) is 76.1 Å². The minimum absolute atomic E-state index is 0.0147. The molecule has 0 heterocycles. The zero-order chi connectivity index (χ0) is 30.5. The molecule has 3 rings (SSSR count). The number of benzene rings is 3. The average molecular weight is 590 g/mol. The van der Waals surface area contributed by atoms with E-state index in [1.54, 1.807) is 45.0 Å². The fourth-order valence-electron chi connectivity index (χ4n) is 4.16. The first-order chi connectivity index (χ1) is 19.1. The lowest BCUT2D eigenvalue weighted by molar-refractivity contribution is -0.139. The van der Waals surface area contributed by atoms with E-state index in [0.717, 1.165) is 28.8 Å². The molecular formula is C30H34F3N3O4S. The number of nitrogens with one attached hydrogen (secondary N) is 1. The number of aryl methyl sites for hydroxylation is 2. The van der Waals surface area contributed by atoms with Gasteiger partial charge in [0.1, 0.15) is 12.6 Å². The molecule has 1 N–H and O–H groups in total. The summed E-state index contributed by atoms with van der Waals surface area (Å²) >= 11 is 0. The number of carbonyl (C=O) groups is 2. The van der Waals surface area contributed by atoms with E-state index < -0.39 is 46.2 Å². The fraction of sp³-hybridized carbons (Fsp3) is 0.333. The van der Waals surface area contributed by atoms with Crippen molar-refractivity contribution in [1.82, 2.24) is 10.2 Å². The Morgan fingerprint density at radius 3 is 2.12 bits per heavy atom. The summed E-state index contributed by atoms with van der Waals surface area (Å²) < 4.78 is 69.0. The van der Waals surface area contributed by atoms with Gasteiger partial charge in [-0.1, -0.05) is 48.0 Å². The van der Waals surface area contributed by atoms with Crippen molar-refractivity contribution < 1.29 is 31.2 Å². The van der Waals surface area contributed by atoms with Crippen molar-refractivity contribution in [2.45, 2.75) is 64.3 Å².